The zero-order valence-electron chi connectivity index (χ0n) is 15.8. The summed E-state index contributed by atoms with van der Waals surface area (Å²) in [6.07, 6.45) is 2.53. The minimum Gasteiger partial charge on any atom is -0.385 e. The predicted octanol–water partition coefficient (Wildman–Crippen LogP) is 2.92. The SMILES string of the molecule is COCCCNc1cc(C(=O)NCc2ccccn2)nc(-c2ccccc2)n1. The van der Waals surface area contributed by atoms with Gasteiger partial charge in [0.25, 0.3) is 5.91 Å². The van der Waals surface area contributed by atoms with Gasteiger partial charge in [0.15, 0.2) is 5.82 Å². The van der Waals surface area contributed by atoms with Crippen molar-refractivity contribution >= 4 is 11.7 Å². The van der Waals surface area contributed by atoms with Crippen molar-refractivity contribution in [2.24, 2.45) is 0 Å². The second-order valence-electron chi connectivity index (χ2n) is 6.10. The van der Waals surface area contributed by atoms with Gasteiger partial charge >= 0.3 is 0 Å². The molecule has 3 rings (SSSR count). The molecule has 2 aromatic heterocycles. The van der Waals surface area contributed by atoms with Gasteiger partial charge in [-0.15, -0.1) is 0 Å². The molecule has 0 aliphatic carbocycles. The molecule has 1 amide bonds. The highest BCUT2D eigenvalue weighted by molar-refractivity contribution is 5.93. The van der Waals surface area contributed by atoms with Crippen molar-refractivity contribution < 1.29 is 9.53 Å². The molecule has 7 nitrogen and oxygen atoms in total. The van der Waals surface area contributed by atoms with Crippen molar-refractivity contribution in [1.29, 1.82) is 0 Å². The quantitative estimate of drug-likeness (QED) is 0.558. The van der Waals surface area contributed by atoms with Gasteiger partial charge in [0.1, 0.15) is 11.5 Å². The normalized spacial score (nSPS) is 10.5. The molecule has 0 radical (unpaired) electrons. The van der Waals surface area contributed by atoms with Crippen LogP contribution in [0.4, 0.5) is 5.82 Å². The Morgan fingerprint density at radius 1 is 1.07 bits per heavy atom. The second-order valence-corrected chi connectivity index (χ2v) is 6.10. The monoisotopic (exact) mass is 377 g/mol. The zero-order chi connectivity index (χ0) is 19.6. The summed E-state index contributed by atoms with van der Waals surface area (Å²) in [6.45, 7) is 1.68. The van der Waals surface area contributed by atoms with Crippen molar-refractivity contribution in [1.82, 2.24) is 20.3 Å². The highest BCUT2D eigenvalue weighted by Crippen LogP contribution is 2.18. The van der Waals surface area contributed by atoms with Crippen LogP contribution in [0.15, 0.2) is 60.8 Å². The third-order valence-electron chi connectivity index (χ3n) is 3.98. The van der Waals surface area contributed by atoms with E-state index in [-0.39, 0.29) is 5.91 Å². The first-order valence-corrected chi connectivity index (χ1v) is 9.11. The summed E-state index contributed by atoms with van der Waals surface area (Å²) in [6, 6.07) is 16.8. The lowest BCUT2D eigenvalue weighted by Crippen LogP contribution is -2.25. The van der Waals surface area contributed by atoms with Crippen molar-refractivity contribution in [3.63, 3.8) is 0 Å². The number of benzene rings is 1. The topological polar surface area (TPSA) is 89.0 Å². The molecule has 144 valence electrons. The average molecular weight is 377 g/mol. The van der Waals surface area contributed by atoms with E-state index in [1.54, 1.807) is 19.4 Å². The number of ether oxygens (including phenoxy) is 1. The fraction of sp³-hybridized carbons (Fsp3) is 0.238. The molecule has 7 heteroatoms. The van der Waals surface area contributed by atoms with E-state index in [1.807, 2.05) is 48.5 Å². The van der Waals surface area contributed by atoms with Gasteiger partial charge in [0, 0.05) is 38.1 Å². The highest BCUT2D eigenvalue weighted by Gasteiger charge is 2.13. The van der Waals surface area contributed by atoms with Crippen molar-refractivity contribution in [3.8, 4) is 11.4 Å². The number of carbonyl (C=O) groups is 1. The summed E-state index contributed by atoms with van der Waals surface area (Å²) in [5.74, 6) is 0.832. The summed E-state index contributed by atoms with van der Waals surface area (Å²) in [7, 11) is 1.67. The number of rotatable bonds is 9. The number of anilines is 1. The number of pyridine rings is 1. The summed E-state index contributed by atoms with van der Waals surface area (Å²) >= 11 is 0. The molecular formula is C21H23N5O2. The molecule has 2 N–H and O–H groups in total. The van der Waals surface area contributed by atoms with Gasteiger partial charge in [-0.3, -0.25) is 9.78 Å². The lowest BCUT2D eigenvalue weighted by molar-refractivity contribution is 0.0945. The second kappa shape index (κ2) is 10.1. The first-order valence-electron chi connectivity index (χ1n) is 9.11. The van der Waals surface area contributed by atoms with Gasteiger partial charge in [-0.1, -0.05) is 36.4 Å². The van der Waals surface area contributed by atoms with Crippen LogP contribution in [-0.4, -0.2) is 41.1 Å². The number of hydrogen-bond acceptors (Lipinski definition) is 6. The van der Waals surface area contributed by atoms with Crippen molar-refractivity contribution in [3.05, 3.63) is 72.2 Å². The molecule has 0 aliphatic rings. The maximum absolute atomic E-state index is 12.7. The Morgan fingerprint density at radius 3 is 2.64 bits per heavy atom. The molecule has 0 unspecified atom stereocenters. The van der Waals surface area contributed by atoms with E-state index in [2.05, 4.69) is 25.6 Å². The minimum atomic E-state index is -0.273. The van der Waals surface area contributed by atoms with Crippen LogP contribution in [0.3, 0.4) is 0 Å². The number of hydrogen-bond donors (Lipinski definition) is 2. The fourth-order valence-electron chi connectivity index (χ4n) is 2.57. The number of aromatic nitrogens is 3. The van der Waals surface area contributed by atoms with Crippen LogP contribution < -0.4 is 10.6 Å². The Kier molecular flexibility index (Phi) is 7.03. The molecule has 1 aromatic carbocycles. The Balaban J connectivity index is 1.78. The molecule has 0 aliphatic heterocycles. The molecule has 0 fully saturated rings. The highest BCUT2D eigenvalue weighted by atomic mass is 16.5. The van der Waals surface area contributed by atoms with Gasteiger partial charge in [-0.25, -0.2) is 9.97 Å². The summed E-state index contributed by atoms with van der Waals surface area (Å²) in [5, 5.41) is 6.09. The molecule has 3 aromatic rings. The molecule has 0 spiro atoms. The third-order valence-corrected chi connectivity index (χ3v) is 3.98. The van der Waals surface area contributed by atoms with E-state index in [9.17, 15) is 4.79 Å². The van der Waals surface area contributed by atoms with Crippen LogP contribution in [0.2, 0.25) is 0 Å². The predicted molar refractivity (Wildman–Crippen MR) is 108 cm³/mol. The summed E-state index contributed by atoms with van der Waals surface area (Å²) < 4.78 is 5.07. The molecule has 0 saturated heterocycles. The molecule has 2 heterocycles. The van der Waals surface area contributed by atoms with E-state index in [0.29, 0.717) is 37.0 Å². The van der Waals surface area contributed by atoms with Gasteiger partial charge in [0.2, 0.25) is 0 Å². The number of nitrogens with one attached hydrogen (secondary N) is 2. The summed E-state index contributed by atoms with van der Waals surface area (Å²) in [5.41, 5.74) is 1.94. The molecular weight excluding hydrogens is 354 g/mol. The van der Waals surface area contributed by atoms with E-state index >= 15 is 0 Å². The lowest BCUT2D eigenvalue weighted by atomic mass is 10.2. The van der Waals surface area contributed by atoms with Gasteiger partial charge < -0.3 is 15.4 Å². The lowest BCUT2D eigenvalue weighted by Gasteiger charge is -2.10. The Bertz CT molecular complexity index is 888. The van der Waals surface area contributed by atoms with Crippen molar-refractivity contribution in [2.75, 3.05) is 25.6 Å². The third kappa shape index (κ3) is 5.59. The van der Waals surface area contributed by atoms with E-state index in [1.165, 1.54) is 0 Å². The standard InChI is InChI=1S/C21H23N5O2/c1-28-13-7-12-23-19-14-18(21(27)24-15-17-10-5-6-11-22-17)25-20(26-19)16-8-3-2-4-9-16/h2-6,8-11,14H,7,12-13,15H2,1H3,(H,24,27)(H,23,25,26). The maximum atomic E-state index is 12.7. The van der Waals surface area contributed by atoms with Gasteiger partial charge in [0.05, 0.1) is 12.2 Å². The molecule has 0 bridgehead atoms. The molecule has 28 heavy (non-hydrogen) atoms. The van der Waals surface area contributed by atoms with Gasteiger partial charge in [-0.2, -0.15) is 0 Å². The first kappa shape index (κ1) is 19.4. The fourth-order valence-corrected chi connectivity index (χ4v) is 2.57. The van der Waals surface area contributed by atoms with Crippen LogP contribution >= 0.6 is 0 Å². The van der Waals surface area contributed by atoms with Gasteiger partial charge in [-0.05, 0) is 18.6 Å². The Hall–Kier alpha value is -3.32. The van der Waals surface area contributed by atoms with Crippen LogP contribution in [-0.2, 0) is 11.3 Å². The number of amides is 1. The largest absolute Gasteiger partial charge is 0.385 e. The molecule has 0 saturated carbocycles. The van der Waals surface area contributed by atoms with E-state index < -0.39 is 0 Å². The zero-order valence-corrected chi connectivity index (χ0v) is 15.8. The van der Waals surface area contributed by atoms with Crippen LogP contribution in [0.5, 0.6) is 0 Å². The Morgan fingerprint density at radius 2 is 1.89 bits per heavy atom. The number of nitrogens with zero attached hydrogens (tertiary/aromatic N) is 3. The van der Waals surface area contributed by atoms with E-state index in [0.717, 1.165) is 17.7 Å². The summed E-state index contributed by atoms with van der Waals surface area (Å²) in [4.78, 5) is 25.9. The van der Waals surface area contributed by atoms with Crippen LogP contribution in [0.25, 0.3) is 11.4 Å². The van der Waals surface area contributed by atoms with Crippen LogP contribution in [0, 0.1) is 0 Å². The number of carbonyl (C=O) groups excluding carboxylic acids is 1. The van der Waals surface area contributed by atoms with E-state index in [4.69, 9.17) is 4.74 Å². The molecule has 0 atom stereocenters. The number of methoxy groups -OCH3 is 1. The smallest absolute Gasteiger partial charge is 0.270 e. The maximum Gasteiger partial charge on any atom is 0.270 e. The van der Waals surface area contributed by atoms with Crippen LogP contribution in [0.1, 0.15) is 22.6 Å². The minimum absolute atomic E-state index is 0.273. The first-order chi connectivity index (χ1) is 13.8. The van der Waals surface area contributed by atoms with Crippen molar-refractivity contribution in [2.45, 2.75) is 13.0 Å². The average Bonchev–Trinajstić information content (AvgIpc) is 2.76. The Labute approximate surface area is 164 Å².